The van der Waals surface area contributed by atoms with Gasteiger partial charge in [0, 0.05) is 38.1 Å². The van der Waals surface area contributed by atoms with E-state index < -0.39 is 0 Å². The summed E-state index contributed by atoms with van der Waals surface area (Å²) in [5, 5.41) is 0. The van der Waals surface area contributed by atoms with E-state index in [1.807, 2.05) is 6.07 Å². The molecule has 0 unspecified atom stereocenters. The molecular weight excluding hydrogens is 276 g/mol. The summed E-state index contributed by atoms with van der Waals surface area (Å²) in [7, 11) is 0. The number of halogens is 1. The maximum atomic E-state index is 5.82. The normalized spacial score (nSPS) is 17.0. The van der Waals surface area contributed by atoms with Crippen LogP contribution in [0, 0.1) is 0 Å². The van der Waals surface area contributed by atoms with Crippen LogP contribution in [0.4, 0.5) is 5.82 Å². The molecule has 0 spiro atoms. The van der Waals surface area contributed by atoms with Crippen molar-refractivity contribution in [1.29, 1.82) is 0 Å². The zero-order chi connectivity index (χ0) is 14.2. The molecule has 20 heavy (non-hydrogen) atoms. The first-order valence-electron chi connectivity index (χ1n) is 7.31. The first-order chi connectivity index (χ1) is 9.83. The molecule has 1 fully saturated rings. The fraction of sp³-hybridized carbons (Fsp3) is 0.714. The van der Waals surface area contributed by atoms with Crippen molar-refractivity contribution in [3.05, 3.63) is 12.4 Å². The van der Waals surface area contributed by atoms with Crippen molar-refractivity contribution < 1.29 is 4.74 Å². The summed E-state index contributed by atoms with van der Waals surface area (Å²) in [6.45, 7) is 7.87. The fourth-order valence-electron chi connectivity index (χ4n) is 2.33. The van der Waals surface area contributed by atoms with Gasteiger partial charge in [0.1, 0.15) is 12.1 Å². The number of nitrogens with zero attached hydrogens (tertiary/aromatic N) is 4. The molecule has 0 saturated carbocycles. The monoisotopic (exact) mass is 298 g/mol. The van der Waals surface area contributed by atoms with Gasteiger partial charge in [-0.3, -0.25) is 0 Å². The van der Waals surface area contributed by atoms with Gasteiger partial charge in [0.15, 0.2) is 0 Å². The molecular formula is C14H23ClN4O. The van der Waals surface area contributed by atoms with Crippen LogP contribution in [0.1, 0.15) is 19.8 Å². The highest BCUT2D eigenvalue weighted by molar-refractivity contribution is 6.18. The summed E-state index contributed by atoms with van der Waals surface area (Å²) in [5.41, 5.74) is 0. The van der Waals surface area contributed by atoms with Crippen LogP contribution >= 0.6 is 11.6 Å². The number of hydrogen-bond acceptors (Lipinski definition) is 5. The molecule has 0 atom stereocenters. The van der Waals surface area contributed by atoms with E-state index in [1.54, 1.807) is 6.33 Å². The van der Waals surface area contributed by atoms with E-state index in [0.29, 0.717) is 18.4 Å². The molecule has 0 bridgehead atoms. The van der Waals surface area contributed by atoms with Gasteiger partial charge in [-0.2, -0.15) is 0 Å². The molecule has 0 radical (unpaired) electrons. The molecule has 1 aromatic rings. The summed E-state index contributed by atoms with van der Waals surface area (Å²) in [4.78, 5) is 13.2. The first kappa shape index (κ1) is 15.3. The largest absolute Gasteiger partial charge is 0.478 e. The van der Waals surface area contributed by atoms with E-state index >= 15 is 0 Å². The smallest absolute Gasteiger partial charge is 0.218 e. The molecule has 0 aromatic carbocycles. The van der Waals surface area contributed by atoms with Crippen LogP contribution in [0.25, 0.3) is 0 Å². The number of aromatic nitrogens is 2. The van der Waals surface area contributed by atoms with Gasteiger partial charge in [-0.15, -0.1) is 11.6 Å². The maximum absolute atomic E-state index is 5.82. The van der Waals surface area contributed by atoms with E-state index in [2.05, 4.69) is 26.7 Å². The second-order valence-corrected chi connectivity index (χ2v) is 5.31. The van der Waals surface area contributed by atoms with E-state index in [4.69, 9.17) is 16.3 Å². The van der Waals surface area contributed by atoms with E-state index in [0.717, 1.165) is 51.4 Å². The summed E-state index contributed by atoms with van der Waals surface area (Å²) in [6, 6.07) is 1.94. The van der Waals surface area contributed by atoms with Crippen LogP contribution in [0.5, 0.6) is 5.88 Å². The minimum Gasteiger partial charge on any atom is -0.478 e. The van der Waals surface area contributed by atoms with Crippen LogP contribution in [0.3, 0.4) is 0 Å². The lowest BCUT2D eigenvalue weighted by Gasteiger charge is -2.22. The molecule has 6 heteroatoms. The Labute approximate surface area is 125 Å². The van der Waals surface area contributed by atoms with Gasteiger partial charge < -0.3 is 14.5 Å². The van der Waals surface area contributed by atoms with Crippen molar-refractivity contribution >= 4 is 17.4 Å². The van der Waals surface area contributed by atoms with Crippen LogP contribution in [-0.4, -0.2) is 60.1 Å². The molecule has 0 N–H and O–H groups in total. The van der Waals surface area contributed by atoms with E-state index in [9.17, 15) is 0 Å². The van der Waals surface area contributed by atoms with Gasteiger partial charge in [0.2, 0.25) is 5.88 Å². The number of alkyl halides is 1. The summed E-state index contributed by atoms with van der Waals surface area (Å²) in [5.74, 6) is 2.32. The molecule has 1 saturated heterocycles. The minimum atomic E-state index is 0.665. The SMILES string of the molecule is CCCOc1cc(N2CCCN(CCCl)CC2)ncn1. The molecule has 0 aliphatic carbocycles. The Hall–Kier alpha value is -1.07. The van der Waals surface area contributed by atoms with Crippen molar-refractivity contribution in [2.45, 2.75) is 19.8 Å². The third-order valence-electron chi connectivity index (χ3n) is 3.39. The molecule has 112 valence electrons. The maximum Gasteiger partial charge on any atom is 0.218 e. The second-order valence-electron chi connectivity index (χ2n) is 4.93. The fourth-order valence-corrected chi connectivity index (χ4v) is 2.57. The Morgan fingerprint density at radius 1 is 1.25 bits per heavy atom. The van der Waals surface area contributed by atoms with Crippen LogP contribution < -0.4 is 9.64 Å². The van der Waals surface area contributed by atoms with Gasteiger partial charge in [0.25, 0.3) is 0 Å². The van der Waals surface area contributed by atoms with Crippen molar-refractivity contribution in [3.8, 4) is 5.88 Å². The van der Waals surface area contributed by atoms with Gasteiger partial charge >= 0.3 is 0 Å². The van der Waals surface area contributed by atoms with E-state index in [1.165, 1.54) is 0 Å². The zero-order valence-corrected chi connectivity index (χ0v) is 12.8. The lowest BCUT2D eigenvalue weighted by atomic mass is 10.3. The second kappa shape index (κ2) is 8.27. The Kier molecular flexibility index (Phi) is 6.33. The van der Waals surface area contributed by atoms with Crippen molar-refractivity contribution in [1.82, 2.24) is 14.9 Å². The molecule has 2 heterocycles. The molecule has 1 aromatic heterocycles. The van der Waals surface area contributed by atoms with Crippen molar-refractivity contribution in [2.75, 3.05) is 50.1 Å². The van der Waals surface area contributed by atoms with E-state index in [-0.39, 0.29) is 0 Å². The Morgan fingerprint density at radius 2 is 2.15 bits per heavy atom. The summed E-state index contributed by atoms with van der Waals surface area (Å²) < 4.78 is 5.57. The molecule has 2 rings (SSSR count). The average Bonchev–Trinajstić information content (AvgIpc) is 2.72. The van der Waals surface area contributed by atoms with Gasteiger partial charge in [0.05, 0.1) is 6.61 Å². The highest BCUT2D eigenvalue weighted by Crippen LogP contribution is 2.17. The summed E-state index contributed by atoms with van der Waals surface area (Å²) in [6.07, 6.45) is 3.70. The number of ether oxygens (including phenoxy) is 1. The third kappa shape index (κ3) is 4.49. The Balaban J connectivity index is 1.96. The van der Waals surface area contributed by atoms with Crippen LogP contribution in [0.15, 0.2) is 12.4 Å². The average molecular weight is 299 g/mol. The molecule has 5 nitrogen and oxygen atoms in total. The molecule has 1 aliphatic rings. The number of hydrogen-bond donors (Lipinski definition) is 0. The molecule has 0 amide bonds. The minimum absolute atomic E-state index is 0.665. The van der Waals surface area contributed by atoms with Crippen LogP contribution in [-0.2, 0) is 0 Å². The standard InChI is InChI=1S/C14H23ClN4O/c1-2-10-20-14-11-13(16-12-17-14)19-6-3-5-18(7-4-15)8-9-19/h11-12H,2-10H2,1H3. The first-order valence-corrected chi connectivity index (χ1v) is 7.85. The molecule has 1 aliphatic heterocycles. The van der Waals surface area contributed by atoms with Gasteiger partial charge in [-0.05, 0) is 19.4 Å². The number of rotatable bonds is 6. The number of anilines is 1. The highest BCUT2D eigenvalue weighted by atomic mass is 35.5. The Bertz CT molecular complexity index is 405. The summed E-state index contributed by atoms with van der Waals surface area (Å²) >= 11 is 5.82. The zero-order valence-electron chi connectivity index (χ0n) is 12.1. The Morgan fingerprint density at radius 3 is 2.95 bits per heavy atom. The quantitative estimate of drug-likeness (QED) is 0.752. The highest BCUT2D eigenvalue weighted by Gasteiger charge is 2.16. The van der Waals surface area contributed by atoms with Gasteiger partial charge in [-0.1, -0.05) is 6.92 Å². The topological polar surface area (TPSA) is 41.5 Å². The lowest BCUT2D eigenvalue weighted by molar-refractivity contribution is 0.304. The predicted molar refractivity (Wildman–Crippen MR) is 81.8 cm³/mol. The van der Waals surface area contributed by atoms with Crippen molar-refractivity contribution in [3.63, 3.8) is 0 Å². The predicted octanol–water partition coefficient (Wildman–Crippen LogP) is 2.02. The van der Waals surface area contributed by atoms with Gasteiger partial charge in [-0.25, -0.2) is 9.97 Å². The van der Waals surface area contributed by atoms with Crippen LogP contribution in [0.2, 0.25) is 0 Å². The van der Waals surface area contributed by atoms with Crippen molar-refractivity contribution in [2.24, 2.45) is 0 Å². The third-order valence-corrected chi connectivity index (χ3v) is 3.56. The lowest BCUT2D eigenvalue weighted by Crippen LogP contribution is -2.32.